The van der Waals surface area contributed by atoms with Crippen molar-refractivity contribution in [3.8, 4) is 0 Å². The van der Waals surface area contributed by atoms with Gasteiger partial charge in [0.2, 0.25) is 5.91 Å². The predicted molar refractivity (Wildman–Crippen MR) is 329 cm³/mol. The maximum absolute atomic E-state index is 12.5. The minimum absolute atomic E-state index is 0.0299. The second-order valence-electron chi connectivity index (χ2n) is 23.5. The summed E-state index contributed by atoms with van der Waals surface area (Å²) in [5.74, 6) is -0.0659. The number of rotatable bonds is 64. The van der Waals surface area contributed by atoms with Gasteiger partial charge in [0.25, 0.3) is 0 Å². The van der Waals surface area contributed by atoms with Gasteiger partial charge in [-0.3, -0.25) is 9.59 Å². The predicted octanol–water partition coefficient (Wildman–Crippen LogP) is 21.8. The number of hydrogen-bond donors (Lipinski definition) is 3. The molecule has 0 rings (SSSR count). The Balaban J connectivity index is 3.43. The molecule has 0 heterocycles. The molecule has 444 valence electrons. The first-order valence-corrected chi connectivity index (χ1v) is 34.1. The van der Waals surface area contributed by atoms with Crippen LogP contribution in [0, 0.1) is 0 Å². The van der Waals surface area contributed by atoms with Gasteiger partial charge >= 0.3 is 5.97 Å². The lowest BCUT2D eigenvalue weighted by molar-refractivity contribution is -0.143. The molecule has 75 heavy (non-hydrogen) atoms. The van der Waals surface area contributed by atoms with E-state index in [1.807, 2.05) is 0 Å². The molecule has 0 aromatic heterocycles. The summed E-state index contributed by atoms with van der Waals surface area (Å²) in [4.78, 5) is 24.6. The van der Waals surface area contributed by atoms with Crippen LogP contribution in [0.15, 0.2) is 24.3 Å². The largest absolute Gasteiger partial charge is 0.465 e. The number of carbonyl (C=O) groups excluding carboxylic acids is 2. The fraction of sp³-hybridized carbons (Fsp3) is 0.913. The molecule has 0 aromatic carbocycles. The summed E-state index contributed by atoms with van der Waals surface area (Å²) in [6.07, 6.45) is 80.8. The number of allylic oxidation sites excluding steroid dienone is 3. The normalized spacial score (nSPS) is 12.6. The topological polar surface area (TPSA) is 95.9 Å². The number of aliphatic hydroxyl groups excluding tert-OH is 2. The Hall–Kier alpha value is -1.66. The van der Waals surface area contributed by atoms with E-state index in [2.05, 4.69) is 43.5 Å². The Bertz CT molecular complexity index is 1170. The van der Waals surface area contributed by atoms with Crippen LogP contribution in [-0.2, 0) is 14.3 Å². The molecule has 0 aliphatic carbocycles. The van der Waals surface area contributed by atoms with Gasteiger partial charge in [-0.25, -0.2) is 0 Å². The van der Waals surface area contributed by atoms with Crippen molar-refractivity contribution in [1.82, 2.24) is 5.32 Å². The number of hydrogen-bond acceptors (Lipinski definition) is 5. The van der Waals surface area contributed by atoms with Crippen molar-refractivity contribution in [3.05, 3.63) is 24.3 Å². The summed E-state index contributed by atoms with van der Waals surface area (Å²) < 4.78 is 5.44. The average molecular weight is 1060 g/mol. The van der Waals surface area contributed by atoms with E-state index >= 15 is 0 Å². The van der Waals surface area contributed by atoms with Gasteiger partial charge in [-0.2, -0.15) is 0 Å². The molecule has 0 aliphatic rings. The summed E-state index contributed by atoms with van der Waals surface area (Å²) in [6.45, 7) is 4.88. The van der Waals surface area contributed by atoms with E-state index in [1.165, 1.54) is 295 Å². The van der Waals surface area contributed by atoms with Crippen molar-refractivity contribution in [3.63, 3.8) is 0 Å². The minimum Gasteiger partial charge on any atom is -0.465 e. The van der Waals surface area contributed by atoms with Gasteiger partial charge in [-0.05, 0) is 44.9 Å². The van der Waals surface area contributed by atoms with E-state index in [0.717, 1.165) is 51.4 Å². The summed E-state index contributed by atoms with van der Waals surface area (Å²) in [6, 6.07) is -0.546. The highest BCUT2D eigenvalue weighted by Crippen LogP contribution is 2.19. The van der Waals surface area contributed by atoms with Crippen LogP contribution in [0.4, 0.5) is 0 Å². The SMILES string of the molecule is CCCCCCCCCCCCCCCCCCCCCC(O)C(CO)NC(=O)CCCCCCCCCCCCCCCC/C=C\C/C=C\CCOC(=O)CCCCCCCCCCCCCCCCCCCC. The zero-order valence-electron chi connectivity index (χ0n) is 50.8. The molecule has 0 aromatic rings. The van der Waals surface area contributed by atoms with E-state index in [1.54, 1.807) is 0 Å². The third-order valence-electron chi connectivity index (χ3n) is 16.0. The Morgan fingerprint density at radius 1 is 0.373 bits per heavy atom. The highest BCUT2D eigenvalue weighted by atomic mass is 16.5. The molecule has 3 N–H and O–H groups in total. The maximum Gasteiger partial charge on any atom is 0.305 e. The van der Waals surface area contributed by atoms with E-state index in [0.29, 0.717) is 25.9 Å². The van der Waals surface area contributed by atoms with E-state index < -0.39 is 12.1 Å². The number of carbonyl (C=O) groups is 2. The van der Waals surface area contributed by atoms with Gasteiger partial charge in [0.05, 0.1) is 25.4 Å². The number of unbranched alkanes of at least 4 members (excludes halogenated alkanes) is 49. The summed E-state index contributed by atoms with van der Waals surface area (Å²) in [5, 5.41) is 23.4. The first-order chi connectivity index (χ1) is 37.0. The average Bonchev–Trinajstić information content (AvgIpc) is 3.41. The molecule has 6 heteroatoms. The fourth-order valence-electron chi connectivity index (χ4n) is 10.8. The number of amides is 1. The van der Waals surface area contributed by atoms with Gasteiger partial charge in [-0.15, -0.1) is 0 Å². The Morgan fingerprint density at radius 2 is 0.667 bits per heavy atom. The molecule has 0 saturated carbocycles. The Morgan fingerprint density at radius 3 is 1.01 bits per heavy atom. The van der Waals surface area contributed by atoms with E-state index in [9.17, 15) is 19.8 Å². The third-order valence-corrected chi connectivity index (χ3v) is 16.0. The van der Waals surface area contributed by atoms with Crippen LogP contribution < -0.4 is 5.32 Å². The maximum atomic E-state index is 12.5. The molecule has 2 atom stereocenters. The highest BCUT2D eigenvalue weighted by Gasteiger charge is 2.20. The lowest BCUT2D eigenvalue weighted by Crippen LogP contribution is -2.45. The summed E-state index contributed by atoms with van der Waals surface area (Å²) >= 11 is 0. The lowest BCUT2D eigenvalue weighted by atomic mass is 10.0. The summed E-state index contributed by atoms with van der Waals surface area (Å²) in [5.41, 5.74) is 0. The second kappa shape index (κ2) is 64.9. The van der Waals surface area contributed by atoms with Crippen LogP contribution in [0.3, 0.4) is 0 Å². The molecule has 2 unspecified atom stereocenters. The Labute approximate surface area is 469 Å². The van der Waals surface area contributed by atoms with Gasteiger partial charge in [0, 0.05) is 12.8 Å². The third kappa shape index (κ3) is 61.4. The van der Waals surface area contributed by atoms with Crippen LogP contribution in [0.2, 0.25) is 0 Å². The number of esters is 1. The van der Waals surface area contributed by atoms with Gasteiger partial charge in [-0.1, -0.05) is 346 Å². The summed E-state index contributed by atoms with van der Waals surface area (Å²) in [7, 11) is 0. The first-order valence-electron chi connectivity index (χ1n) is 34.1. The molecular weight excluding hydrogens is 923 g/mol. The minimum atomic E-state index is -0.668. The zero-order chi connectivity index (χ0) is 54.3. The van der Waals surface area contributed by atoms with Crippen LogP contribution >= 0.6 is 0 Å². The van der Waals surface area contributed by atoms with Crippen molar-refractivity contribution >= 4 is 11.9 Å². The van der Waals surface area contributed by atoms with Crippen molar-refractivity contribution in [1.29, 1.82) is 0 Å². The molecule has 0 aliphatic heterocycles. The molecule has 0 bridgehead atoms. The fourth-order valence-corrected chi connectivity index (χ4v) is 10.8. The van der Waals surface area contributed by atoms with Crippen molar-refractivity contribution in [2.75, 3.05) is 13.2 Å². The molecule has 0 saturated heterocycles. The lowest BCUT2D eigenvalue weighted by Gasteiger charge is -2.22. The standard InChI is InChI=1S/C69H133NO5/c1-3-5-7-9-11-13-15-17-19-21-26-29-33-37-41-45-49-53-57-61-67(72)66(65-71)70-68(73)62-58-54-50-46-42-38-34-30-27-24-23-25-28-32-36-40-44-48-52-56-60-64-75-69(74)63-59-55-51-47-43-39-35-31-22-20-18-16-14-12-10-8-6-4-2/h40,44,52,56,66-67,71-72H,3-39,41-43,45-51,53-55,57-65H2,1-2H3,(H,70,73)/b44-40-,56-52-. The van der Waals surface area contributed by atoms with Gasteiger partial charge in [0.1, 0.15) is 0 Å². The molecule has 0 spiro atoms. The van der Waals surface area contributed by atoms with E-state index in [4.69, 9.17) is 4.74 Å². The zero-order valence-corrected chi connectivity index (χ0v) is 50.8. The number of nitrogens with one attached hydrogen (secondary N) is 1. The van der Waals surface area contributed by atoms with Crippen LogP contribution in [0.1, 0.15) is 380 Å². The highest BCUT2D eigenvalue weighted by molar-refractivity contribution is 5.76. The second-order valence-corrected chi connectivity index (χ2v) is 23.5. The van der Waals surface area contributed by atoms with Crippen LogP contribution in [0.25, 0.3) is 0 Å². The number of ether oxygens (including phenoxy) is 1. The smallest absolute Gasteiger partial charge is 0.305 e. The molecule has 0 fully saturated rings. The van der Waals surface area contributed by atoms with Crippen LogP contribution in [-0.4, -0.2) is 47.4 Å². The first kappa shape index (κ1) is 73.3. The van der Waals surface area contributed by atoms with Crippen molar-refractivity contribution in [2.24, 2.45) is 0 Å². The molecule has 0 radical (unpaired) electrons. The quantitative estimate of drug-likeness (QED) is 0.0320. The molecule has 1 amide bonds. The molecular formula is C69H133NO5. The molecule has 6 nitrogen and oxygen atoms in total. The van der Waals surface area contributed by atoms with Gasteiger partial charge in [0.15, 0.2) is 0 Å². The van der Waals surface area contributed by atoms with E-state index in [-0.39, 0.29) is 18.5 Å². The van der Waals surface area contributed by atoms with Gasteiger partial charge < -0.3 is 20.3 Å². The van der Waals surface area contributed by atoms with Crippen molar-refractivity contribution in [2.45, 2.75) is 392 Å². The van der Waals surface area contributed by atoms with Crippen molar-refractivity contribution < 1.29 is 24.5 Å². The Kier molecular flexibility index (Phi) is 63.4. The monoisotopic (exact) mass is 1060 g/mol. The number of aliphatic hydroxyl groups is 2. The van der Waals surface area contributed by atoms with Crippen LogP contribution in [0.5, 0.6) is 0 Å².